The summed E-state index contributed by atoms with van der Waals surface area (Å²) in [6, 6.07) is 0. The molecular formula is C10H14N4O3. The van der Waals surface area contributed by atoms with Gasteiger partial charge in [0.15, 0.2) is 11.6 Å². The number of nitrogens with zero attached hydrogens (tertiary/aromatic N) is 3. The van der Waals surface area contributed by atoms with E-state index in [1.165, 1.54) is 11.3 Å². The van der Waals surface area contributed by atoms with Gasteiger partial charge in [-0.1, -0.05) is 0 Å². The third-order valence-corrected chi connectivity index (χ3v) is 2.24. The molecule has 0 unspecified atom stereocenters. The molecule has 0 spiro atoms. The monoisotopic (exact) mass is 238 g/mol. The van der Waals surface area contributed by atoms with Crippen molar-refractivity contribution in [2.24, 2.45) is 5.10 Å². The minimum atomic E-state index is -0.391. The van der Waals surface area contributed by atoms with Crippen molar-refractivity contribution in [2.45, 2.75) is 13.8 Å². The van der Waals surface area contributed by atoms with E-state index in [2.05, 4.69) is 10.5 Å². The lowest BCUT2D eigenvalue weighted by molar-refractivity contribution is -0.144. The van der Waals surface area contributed by atoms with Gasteiger partial charge in [-0.3, -0.25) is 10.2 Å². The number of nitrogens with one attached hydrogen (secondary N) is 1. The molecule has 0 aliphatic carbocycles. The first-order chi connectivity index (χ1) is 8.11. The Morgan fingerprint density at radius 1 is 1.65 bits per heavy atom. The Kier molecular flexibility index (Phi) is 2.90. The summed E-state index contributed by atoms with van der Waals surface area (Å²) in [5, 5.41) is 16.7. The van der Waals surface area contributed by atoms with Crippen molar-refractivity contribution < 1.29 is 14.6 Å². The standard InChI is InChI=1S/C10H14N4O3/c1-3-17-9(16)5-13-10-8(15)4-7(2)12-14(10)6-11-13/h4,6,12,15H,3,5H2,1-2H3. The molecule has 0 saturated carbocycles. The first-order valence-corrected chi connectivity index (χ1v) is 5.26. The van der Waals surface area contributed by atoms with Crippen LogP contribution >= 0.6 is 0 Å². The minimum Gasteiger partial charge on any atom is -0.504 e. The van der Waals surface area contributed by atoms with Crippen LogP contribution in [-0.2, 0) is 9.53 Å². The van der Waals surface area contributed by atoms with Gasteiger partial charge in [0.25, 0.3) is 0 Å². The number of rotatable bonds is 3. The molecule has 0 atom stereocenters. The summed E-state index contributed by atoms with van der Waals surface area (Å²) < 4.78 is 4.83. The zero-order valence-corrected chi connectivity index (χ0v) is 9.67. The van der Waals surface area contributed by atoms with E-state index in [9.17, 15) is 9.90 Å². The number of hydrazone groups is 1. The third kappa shape index (κ3) is 2.17. The van der Waals surface area contributed by atoms with Crippen molar-refractivity contribution in [1.29, 1.82) is 0 Å². The van der Waals surface area contributed by atoms with Gasteiger partial charge in [0.1, 0.15) is 12.9 Å². The Morgan fingerprint density at radius 3 is 3.12 bits per heavy atom. The lowest BCUT2D eigenvalue weighted by Crippen LogP contribution is -2.40. The number of esters is 1. The maximum atomic E-state index is 11.3. The van der Waals surface area contributed by atoms with Crippen LogP contribution in [0.4, 0.5) is 0 Å². The van der Waals surface area contributed by atoms with Gasteiger partial charge in [-0.05, 0) is 13.8 Å². The molecule has 0 aromatic heterocycles. The molecule has 0 amide bonds. The van der Waals surface area contributed by atoms with E-state index in [1.807, 2.05) is 6.92 Å². The van der Waals surface area contributed by atoms with Gasteiger partial charge in [0.05, 0.1) is 6.61 Å². The maximum Gasteiger partial charge on any atom is 0.327 e. The molecule has 2 rings (SSSR count). The number of aliphatic hydroxyl groups is 1. The largest absolute Gasteiger partial charge is 0.504 e. The number of hydrogen-bond acceptors (Lipinski definition) is 7. The van der Waals surface area contributed by atoms with E-state index in [0.29, 0.717) is 12.4 Å². The van der Waals surface area contributed by atoms with Crippen LogP contribution in [0.2, 0.25) is 0 Å². The number of fused-ring (bicyclic) bond motifs is 1. The number of aliphatic hydroxyl groups excluding tert-OH is 1. The van der Waals surface area contributed by atoms with Gasteiger partial charge in [0, 0.05) is 11.8 Å². The summed E-state index contributed by atoms with van der Waals surface area (Å²) in [7, 11) is 0. The second-order valence-electron chi connectivity index (χ2n) is 3.61. The number of hydrazine groups is 1. The third-order valence-electron chi connectivity index (χ3n) is 2.24. The SMILES string of the molecule is CCOC(=O)CN1N=CN2NC(C)=CC(O)=C12. The molecule has 92 valence electrons. The molecule has 2 heterocycles. The van der Waals surface area contributed by atoms with Crippen LogP contribution in [0.3, 0.4) is 0 Å². The molecular weight excluding hydrogens is 224 g/mol. The Labute approximate surface area is 98.6 Å². The fraction of sp³-hybridized carbons (Fsp3) is 0.400. The number of allylic oxidation sites excluding steroid dienone is 2. The van der Waals surface area contributed by atoms with Gasteiger partial charge < -0.3 is 9.84 Å². The minimum absolute atomic E-state index is 0.0329. The summed E-state index contributed by atoms with van der Waals surface area (Å²) in [5.41, 5.74) is 3.77. The lowest BCUT2D eigenvalue weighted by Gasteiger charge is -2.27. The van der Waals surface area contributed by atoms with Crippen LogP contribution in [0, 0.1) is 0 Å². The molecule has 7 heteroatoms. The zero-order chi connectivity index (χ0) is 12.4. The molecule has 0 radical (unpaired) electrons. The van der Waals surface area contributed by atoms with E-state index < -0.39 is 5.97 Å². The number of carbonyl (C=O) groups excluding carboxylic acids is 1. The van der Waals surface area contributed by atoms with E-state index >= 15 is 0 Å². The van der Waals surface area contributed by atoms with Crippen molar-refractivity contribution in [3.05, 3.63) is 23.4 Å². The average molecular weight is 238 g/mol. The number of hydrogen-bond donors (Lipinski definition) is 2. The van der Waals surface area contributed by atoms with E-state index in [1.54, 1.807) is 18.0 Å². The van der Waals surface area contributed by atoms with Crippen LogP contribution in [0.1, 0.15) is 13.8 Å². The smallest absolute Gasteiger partial charge is 0.327 e. The summed E-state index contributed by atoms with van der Waals surface area (Å²) in [5.74, 6) is 0.0878. The van der Waals surface area contributed by atoms with Gasteiger partial charge in [-0.15, -0.1) is 0 Å². The van der Waals surface area contributed by atoms with Gasteiger partial charge in [-0.2, -0.15) is 5.10 Å². The highest BCUT2D eigenvalue weighted by molar-refractivity contribution is 5.73. The molecule has 0 saturated heterocycles. The first kappa shape index (κ1) is 11.3. The summed E-state index contributed by atoms with van der Waals surface area (Å²) in [6.45, 7) is 3.84. The molecule has 0 aromatic rings. The molecule has 0 bridgehead atoms. The van der Waals surface area contributed by atoms with Crippen molar-refractivity contribution in [3.8, 4) is 0 Å². The topological polar surface area (TPSA) is 77.4 Å². The maximum absolute atomic E-state index is 11.3. The van der Waals surface area contributed by atoms with E-state index in [-0.39, 0.29) is 12.3 Å². The van der Waals surface area contributed by atoms with Gasteiger partial charge in [-0.25, -0.2) is 10.0 Å². The van der Waals surface area contributed by atoms with Crippen molar-refractivity contribution in [1.82, 2.24) is 15.4 Å². The van der Waals surface area contributed by atoms with Crippen LogP contribution in [-0.4, -0.2) is 40.6 Å². The van der Waals surface area contributed by atoms with Crippen LogP contribution < -0.4 is 5.43 Å². The zero-order valence-electron chi connectivity index (χ0n) is 9.67. The predicted molar refractivity (Wildman–Crippen MR) is 60.2 cm³/mol. The van der Waals surface area contributed by atoms with Crippen molar-refractivity contribution in [2.75, 3.05) is 13.2 Å². The highest BCUT2D eigenvalue weighted by Gasteiger charge is 2.29. The quantitative estimate of drug-likeness (QED) is 0.687. The number of ether oxygens (including phenoxy) is 1. The summed E-state index contributed by atoms with van der Waals surface area (Å²) in [4.78, 5) is 11.3. The molecule has 0 aromatic carbocycles. The second kappa shape index (κ2) is 4.36. The Balaban J connectivity index is 2.13. The predicted octanol–water partition coefficient (Wildman–Crippen LogP) is 0.260. The Hall–Kier alpha value is -2.18. The van der Waals surface area contributed by atoms with Gasteiger partial charge in [0.2, 0.25) is 0 Å². The van der Waals surface area contributed by atoms with Crippen LogP contribution in [0.5, 0.6) is 0 Å². The fourth-order valence-corrected chi connectivity index (χ4v) is 1.62. The van der Waals surface area contributed by atoms with Crippen molar-refractivity contribution in [3.63, 3.8) is 0 Å². The van der Waals surface area contributed by atoms with Crippen molar-refractivity contribution >= 4 is 12.3 Å². The second-order valence-corrected chi connectivity index (χ2v) is 3.61. The number of carbonyl (C=O) groups is 1. The molecule has 2 aliphatic rings. The lowest BCUT2D eigenvalue weighted by atomic mass is 10.3. The Morgan fingerprint density at radius 2 is 2.41 bits per heavy atom. The summed E-state index contributed by atoms with van der Waals surface area (Å²) >= 11 is 0. The average Bonchev–Trinajstić information content (AvgIpc) is 2.61. The summed E-state index contributed by atoms with van der Waals surface area (Å²) in [6.07, 6.45) is 3.06. The molecule has 7 nitrogen and oxygen atoms in total. The normalized spacial score (nSPS) is 17.9. The van der Waals surface area contributed by atoms with E-state index in [0.717, 1.165) is 5.70 Å². The Bertz CT molecular complexity index is 427. The highest BCUT2D eigenvalue weighted by Crippen LogP contribution is 2.22. The van der Waals surface area contributed by atoms with Crippen LogP contribution in [0.25, 0.3) is 0 Å². The van der Waals surface area contributed by atoms with E-state index in [4.69, 9.17) is 4.74 Å². The van der Waals surface area contributed by atoms with Gasteiger partial charge >= 0.3 is 5.97 Å². The fourth-order valence-electron chi connectivity index (χ4n) is 1.62. The molecule has 2 aliphatic heterocycles. The first-order valence-electron chi connectivity index (χ1n) is 5.26. The molecule has 17 heavy (non-hydrogen) atoms. The van der Waals surface area contributed by atoms with Crippen LogP contribution in [0.15, 0.2) is 28.5 Å². The molecule has 2 N–H and O–H groups in total. The highest BCUT2D eigenvalue weighted by atomic mass is 16.5. The molecule has 0 fully saturated rings.